The maximum atomic E-state index is 12.9. The van der Waals surface area contributed by atoms with Crippen molar-refractivity contribution >= 4 is 34.2 Å². The number of aromatic nitrogens is 3. The molecule has 0 spiro atoms. The van der Waals surface area contributed by atoms with Crippen molar-refractivity contribution in [3.63, 3.8) is 0 Å². The highest BCUT2D eigenvalue weighted by Gasteiger charge is 2.31. The largest absolute Gasteiger partial charge is 0.573 e. The number of ether oxygens (including phenoxy) is 2. The van der Waals surface area contributed by atoms with E-state index in [9.17, 15) is 18.0 Å². The van der Waals surface area contributed by atoms with Crippen LogP contribution in [-0.4, -0.2) is 51.7 Å². The minimum absolute atomic E-state index is 0.286. The van der Waals surface area contributed by atoms with Crippen LogP contribution in [0.3, 0.4) is 0 Å². The molecule has 1 aliphatic rings. The third-order valence-corrected chi connectivity index (χ3v) is 8.24. The van der Waals surface area contributed by atoms with Crippen LogP contribution in [0.1, 0.15) is 44.2 Å². The maximum Gasteiger partial charge on any atom is 0.573 e. The highest BCUT2D eigenvalue weighted by atomic mass is 32.2. The van der Waals surface area contributed by atoms with Crippen molar-refractivity contribution in [2.45, 2.75) is 39.5 Å². The van der Waals surface area contributed by atoms with Crippen molar-refractivity contribution in [3.8, 4) is 28.6 Å². The zero-order valence-corrected chi connectivity index (χ0v) is 26.5. The van der Waals surface area contributed by atoms with Gasteiger partial charge in [-0.2, -0.15) is 4.99 Å². The van der Waals surface area contributed by atoms with Crippen LogP contribution in [0, 0.1) is 0 Å². The number of nitrogens with zero attached hydrogens (tertiary/aromatic N) is 5. The lowest BCUT2D eigenvalue weighted by Crippen LogP contribution is -2.36. The van der Waals surface area contributed by atoms with Gasteiger partial charge in [-0.05, 0) is 66.3 Å². The Balaban J connectivity index is 1.25. The number of allylic oxidation sites excluding steroid dienone is 1. The molecule has 2 heterocycles. The summed E-state index contributed by atoms with van der Waals surface area (Å²) in [7, 11) is 1.64. The topological polar surface area (TPSA) is 93.9 Å². The van der Waals surface area contributed by atoms with Gasteiger partial charge >= 0.3 is 12.4 Å². The highest BCUT2D eigenvalue weighted by molar-refractivity contribution is 8.14. The molecular weight excluding hydrogens is 617 g/mol. The normalized spacial score (nSPS) is 14.9. The summed E-state index contributed by atoms with van der Waals surface area (Å²) in [6.07, 6.45) is -0.676. The average Bonchev–Trinajstić information content (AvgIpc) is 3.54. The molecule has 1 saturated heterocycles. The molecule has 0 bridgehead atoms. The fourth-order valence-electron chi connectivity index (χ4n) is 4.82. The van der Waals surface area contributed by atoms with Crippen LogP contribution in [0.5, 0.6) is 11.5 Å². The molecule has 0 atom stereocenters. The molecule has 5 rings (SSSR count). The van der Waals surface area contributed by atoms with E-state index < -0.39 is 12.4 Å². The number of carbonyl (C=O) groups is 1. The van der Waals surface area contributed by atoms with Crippen molar-refractivity contribution in [2.24, 2.45) is 4.99 Å². The van der Waals surface area contributed by atoms with Crippen LogP contribution in [0.15, 0.2) is 84.2 Å². The number of urea groups is 1. The lowest BCUT2D eigenvalue weighted by Gasteiger charge is -2.32. The molecule has 0 aliphatic carbocycles. The van der Waals surface area contributed by atoms with Crippen molar-refractivity contribution < 1.29 is 27.4 Å². The Bertz CT molecular complexity index is 1730. The van der Waals surface area contributed by atoms with E-state index in [4.69, 9.17) is 4.74 Å². The number of hydrogen-bond acceptors (Lipinski definition) is 6. The minimum atomic E-state index is -4.76. The number of nitrogens with one attached hydrogen (secondary N) is 1. The lowest BCUT2D eigenvalue weighted by molar-refractivity contribution is -0.274. The van der Waals surface area contributed by atoms with E-state index in [0.717, 1.165) is 52.4 Å². The minimum Gasteiger partial charge on any atom is -0.497 e. The van der Waals surface area contributed by atoms with E-state index in [-0.39, 0.29) is 11.7 Å². The number of hydrogen-bond donors (Lipinski definition) is 1. The molecule has 1 aliphatic heterocycles. The number of thioether (sulfide) groups is 1. The maximum absolute atomic E-state index is 12.9. The standard InChI is InChI=1S/C33H33F3N6O3S/c1-21(2)28-15-14-27(44-4)18-29(28)41-16-5-17-46-32(41)39-31(43)37-19-22(3)23-6-8-24(9-7-23)30-38-20-42(40-30)25-10-12-26(13-11-25)45-33(34,35)36/h6-15,18-21H,5,16-17H2,1-4H3,(H,37,43)/b22-19+,39-32-. The fourth-order valence-corrected chi connectivity index (χ4v) is 5.77. The summed E-state index contributed by atoms with van der Waals surface area (Å²) in [5, 5.41) is 7.88. The van der Waals surface area contributed by atoms with E-state index in [1.165, 1.54) is 35.3 Å². The first-order chi connectivity index (χ1) is 22.0. The van der Waals surface area contributed by atoms with Crippen LogP contribution in [0.25, 0.3) is 22.6 Å². The second kappa shape index (κ2) is 14.1. The summed E-state index contributed by atoms with van der Waals surface area (Å²) < 4.78 is 48.2. The van der Waals surface area contributed by atoms with Crippen LogP contribution in [0.2, 0.25) is 0 Å². The third-order valence-electron chi connectivity index (χ3n) is 7.17. The summed E-state index contributed by atoms with van der Waals surface area (Å²) in [6.45, 7) is 6.91. The molecule has 4 aromatic rings. The summed E-state index contributed by atoms with van der Waals surface area (Å²) in [5.41, 5.74) is 5.13. The van der Waals surface area contributed by atoms with Gasteiger partial charge in [0.05, 0.1) is 12.8 Å². The molecule has 3 aromatic carbocycles. The van der Waals surface area contributed by atoms with Gasteiger partial charge in [-0.15, -0.1) is 18.3 Å². The van der Waals surface area contributed by atoms with Gasteiger partial charge < -0.3 is 19.7 Å². The van der Waals surface area contributed by atoms with Gasteiger partial charge in [-0.3, -0.25) is 0 Å². The Morgan fingerprint density at radius 1 is 1.07 bits per heavy atom. The molecule has 46 heavy (non-hydrogen) atoms. The fraction of sp³-hybridized carbons (Fsp3) is 0.273. The molecule has 1 fully saturated rings. The molecule has 9 nitrogen and oxygen atoms in total. The van der Waals surface area contributed by atoms with Gasteiger partial charge in [-0.25, -0.2) is 14.5 Å². The Morgan fingerprint density at radius 2 is 1.78 bits per heavy atom. The predicted molar refractivity (Wildman–Crippen MR) is 175 cm³/mol. The zero-order chi connectivity index (χ0) is 32.8. The third kappa shape index (κ3) is 8.08. The first-order valence-electron chi connectivity index (χ1n) is 14.5. The number of anilines is 1. The number of rotatable bonds is 8. The first-order valence-corrected chi connectivity index (χ1v) is 15.5. The smallest absolute Gasteiger partial charge is 0.497 e. The van der Waals surface area contributed by atoms with Gasteiger partial charge in [0.2, 0.25) is 0 Å². The number of benzene rings is 3. The predicted octanol–water partition coefficient (Wildman–Crippen LogP) is 8.03. The van der Waals surface area contributed by atoms with Crippen LogP contribution in [-0.2, 0) is 0 Å². The number of methoxy groups -OCH3 is 1. The zero-order valence-electron chi connectivity index (χ0n) is 25.7. The van der Waals surface area contributed by atoms with Crippen molar-refractivity contribution in [2.75, 3.05) is 24.3 Å². The van der Waals surface area contributed by atoms with Crippen LogP contribution < -0.4 is 19.7 Å². The molecule has 1 aromatic heterocycles. The second-order valence-corrected chi connectivity index (χ2v) is 11.8. The molecule has 1 N–H and O–H groups in total. The van der Waals surface area contributed by atoms with E-state index in [2.05, 4.69) is 49.9 Å². The number of halogens is 3. The highest BCUT2D eigenvalue weighted by Crippen LogP contribution is 2.35. The summed E-state index contributed by atoms with van der Waals surface area (Å²) in [5.74, 6) is 2.04. The van der Waals surface area contributed by atoms with E-state index in [1.54, 1.807) is 25.1 Å². The number of amides is 2. The van der Waals surface area contributed by atoms with E-state index >= 15 is 0 Å². The van der Waals surface area contributed by atoms with Gasteiger partial charge in [0.1, 0.15) is 17.8 Å². The summed E-state index contributed by atoms with van der Waals surface area (Å²) in [6, 6.07) is 18.4. The Kier molecular flexibility index (Phi) is 10.0. The Labute approximate surface area is 269 Å². The number of alkyl halides is 3. The van der Waals surface area contributed by atoms with Crippen LogP contribution in [0.4, 0.5) is 23.7 Å². The Morgan fingerprint density at radius 3 is 2.46 bits per heavy atom. The van der Waals surface area contributed by atoms with Gasteiger partial charge in [0.25, 0.3) is 0 Å². The first kappa shape index (κ1) is 32.6. The van der Waals surface area contributed by atoms with Gasteiger partial charge in [-0.1, -0.05) is 55.9 Å². The Hall–Kier alpha value is -4.78. The van der Waals surface area contributed by atoms with E-state index in [0.29, 0.717) is 16.7 Å². The number of amidine groups is 1. The number of aliphatic imine (C=N–C) groups is 1. The van der Waals surface area contributed by atoms with Crippen molar-refractivity contribution in [3.05, 3.63) is 90.4 Å². The van der Waals surface area contributed by atoms with Crippen LogP contribution >= 0.6 is 11.8 Å². The van der Waals surface area contributed by atoms with E-state index in [1.807, 2.05) is 43.3 Å². The average molecular weight is 651 g/mol. The van der Waals surface area contributed by atoms with Gasteiger partial charge in [0, 0.05) is 35.8 Å². The molecule has 240 valence electrons. The molecular formula is C33H33F3N6O3S. The summed E-state index contributed by atoms with van der Waals surface area (Å²) in [4.78, 5) is 23.8. The molecule has 0 unspecified atom stereocenters. The lowest BCUT2D eigenvalue weighted by atomic mass is 10.00. The van der Waals surface area contributed by atoms with Gasteiger partial charge in [0.15, 0.2) is 11.0 Å². The number of carbonyl (C=O) groups excluding carboxylic acids is 1. The summed E-state index contributed by atoms with van der Waals surface area (Å²) >= 11 is 1.55. The second-order valence-electron chi connectivity index (χ2n) is 10.7. The SMILES string of the molecule is COc1ccc(C(C)C)c(N2CCCS/C2=N\C(=O)N/C=C(\C)c2ccc(-c3ncn(-c4ccc(OC(F)(F)F)cc4)n3)cc2)c1. The van der Waals surface area contributed by atoms with Crippen molar-refractivity contribution in [1.29, 1.82) is 0 Å². The molecule has 0 radical (unpaired) electrons. The molecule has 0 saturated carbocycles. The monoisotopic (exact) mass is 650 g/mol. The molecule has 2 amide bonds. The van der Waals surface area contributed by atoms with Crippen molar-refractivity contribution in [1.82, 2.24) is 20.1 Å². The quantitative estimate of drug-likeness (QED) is 0.206. The molecule has 13 heteroatoms.